The highest BCUT2D eigenvalue weighted by Gasteiger charge is 2.12. The number of rotatable bonds is 5. The van der Waals surface area contributed by atoms with Crippen LogP contribution in [0.1, 0.15) is 32.8 Å². The Balaban J connectivity index is 2.31. The molecule has 1 rings (SSSR count). The molecule has 0 spiro atoms. The lowest BCUT2D eigenvalue weighted by Gasteiger charge is -2.20. The van der Waals surface area contributed by atoms with E-state index in [1.807, 2.05) is 20.8 Å². The van der Waals surface area contributed by atoms with Gasteiger partial charge < -0.3 is 15.7 Å². The molecule has 0 unspecified atom stereocenters. The molecule has 0 bridgehead atoms. The maximum absolute atomic E-state index is 11.6. The Labute approximate surface area is 119 Å². The highest BCUT2D eigenvalue weighted by molar-refractivity contribution is 6.30. The molecular weight excluding hydrogens is 264 g/mol. The summed E-state index contributed by atoms with van der Waals surface area (Å²) in [5, 5.41) is 16.2. The van der Waals surface area contributed by atoms with Crippen molar-refractivity contribution in [1.29, 1.82) is 0 Å². The van der Waals surface area contributed by atoms with Gasteiger partial charge in [-0.3, -0.25) is 4.79 Å². The average Bonchev–Trinajstić information content (AvgIpc) is 2.26. The van der Waals surface area contributed by atoms with E-state index in [2.05, 4.69) is 10.6 Å². The summed E-state index contributed by atoms with van der Waals surface area (Å²) in [5.41, 5.74) is 0.520. The standard InChI is InChI=1S/C14H21ClN2O2/c1-14(2,3)17-13(19)6-7-16-9-10-8-11(15)4-5-12(10)18/h4-5,8,16,18H,6-7,9H2,1-3H3,(H,17,19). The summed E-state index contributed by atoms with van der Waals surface area (Å²) >= 11 is 5.85. The Morgan fingerprint density at radius 2 is 2.05 bits per heavy atom. The van der Waals surface area contributed by atoms with Gasteiger partial charge in [-0.15, -0.1) is 0 Å². The Kier molecular flexibility index (Phi) is 5.63. The number of carbonyl (C=O) groups is 1. The number of phenolic OH excluding ortho intramolecular Hbond substituents is 1. The summed E-state index contributed by atoms with van der Waals surface area (Å²) in [6, 6.07) is 4.90. The van der Waals surface area contributed by atoms with Crippen LogP contribution in [0.4, 0.5) is 0 Å². The van der Waals surface area contributed by atoms with E-state index in [1.54, 1.807) is 18.2 Å². The van der Waals surface area contributed by atoms with Crippen molar-refractivity contribution in [1.82, 2.24) is 10.6 Å². The molecule has 0 saturated heterocycles. The SMILES string of the molecule is CC(C)(C)NC(=O)CCNCc1cc(Cl)ccc1O. The molecule has 19 heavy (non-hydrogen) atoms. The van der Waals surface area contributed by atoms with Crippen molar-refractivity contribution in [3.63, 3.8) is 0 Å². The third-order valence-corrected chi connectivity index (χ3v) is 2.64. The van der Waals surface area contributed by atoms with Gasteiger partial charge in [0.1, 0.15) is 5.75 Å². The first-order valence-corrected chi connectivity index (χ1v) is 6.65. The van der Waals surface area contributed by atoms with E-state index in [0.29, 0.717) is 24.5 Å². The Morgan fingerprint density at radius 3 is 2.68 bits per heavy atom. The fourth-order valence-corrected chi connectivity index (χ4v) is 1.80. The lowest BCUT2D eigenvalue weighted by Crippen LogP contribution is -2.41. The molecule has 0 aliphatic carbocycles. The molecular formula is C14H21ClN2O2. The molecule has 0 heterocycles. The number of aromatic hydroxyl groups is 1. The number of carbonyl (C=O) groups excluding carboxylic acids is 1. The molecule has 0 fully saturated rings. The van der Waals surface area contributed by atoms with E-state index in [1.165, 1.54) is 0 Å². The monoisotopic (exact) mass is 284 g/mol. The summed E-state index contributed by atoms with van der Waals surface area (Å²) in [6.45, 7) is 6.87. The minimum Gasteiger partial charge on any atom is -0.508 e. The molecule has 1 amide bonds. The van der Waals surface area contributed by atoms with Crippen molar-refractivity contribution >= 4 is 17.5 Å². The molecule has 3 N–H and O–H groups in total. The number of hydrogen-bond donors (Lipinski definition) is 3. The first-order chi connectivity index (χ1) is 8.78. The molecule has 0 aliphatic heterocycles. The maximum atomic E-state index is 11.6. The molecule has 0 atom stereocenters. The number of hydrogen-bond acceptors (Lipinski definition) is 3. The van der Waals surface area contributed by atoms with Gasteiger partial charge in [-0.05, 0) is 39.0 Å². The predicted octanol–water partition coefficient (Wildman–Crippen LogP) is 2.44. The van der Waals surface area contributed by atoms with Crippen LogP contribution < -0.4 is 10.6 Å². The minimum absolute atomic E-state index is 0.00955. The van der Waals surface area contributed by atoms with Gasteiger partial charge in [-0.1, -0.05) is 11.6 Å². The number of amides is 1. The number of phenols is 1. The maximum Gasteiger partial charge on any atom is 0.221 e. The second-order valence-electron chi connectivity index (χ2n) is 5.50. The number of benzene rings is 1. The Bertz CT molecular complexity index is 442. The zero-order valence-electron chi connectivity index (χ0n) is 11.6. The van der Waals surface area contributed by atoms with Crippen molar-refractivity contribution < 1.29 is 9.90 Å². The van der Waals surface area contributed by atoms with Crippen molar-refractivity contribution in [3.8, 4) is 5.75 Å². The molecule has 4 nitrogen and oxygen atoms in total. The molecule has 0 aliphatic rings. The van der Waals surface area contributed by atoms with Gasteiger partial charge in [0.2, 0.25) is 5.91 Å². The second kappa shape index (κ2) is 6.78. The quantitative estimate of drug-likeness (QED) is 0.728. The highest BCUT2D eigenvalue weighted by Crippen LogP contribution is 2.20. The molecule has 1 aromatic carbocycles. The van der Waals surface area contributed by atoms with E-state index in [0.717, 1.165) is 5.56 Å². The predicted molar refractivity (Wildman–Crippen MR) is 77.3 cm³/mol. The zero-order valence-corrected chi connectivity index (χ0v) is 12.3. The topological polar surface area (TPSA) is 61.4 Å². The second-order valence-corrected chi connectivity index (χ2v) is 5.93. The van der Waals surface area contributed by atoms with Gasteiger partial charge >= 0.3 is 0 Å². The molecule has 0 saturated carbocycles. The van der Waals surface area contributed by atoms with Gasteiger partial charge in [0.25, 0.3) is 0 Å². The smallest absolute Gasteiger partial charge is 0.221 e. The van der Waals surface area contributed by atoms with Crippen LogP contribution in [-0.2, 0) is 11.3 Å². The van der Waals surface area contributed by atoms with Gasteiger partial charge in [0, 0.05) is 35.6 Å². The molecule has 1 aromatic rings. The number of halogens is 1. The third-order valence-electron chi connectivity index (χ3n) is 2.40. The molecule has 0 aromatic heterocycles. The van der Waals surface area contributed by atoms with E-state index >= 15 is 0 Å². The average molecular weight is 285 g/mol. The van der Waals surface area contributed by atoms with E-state index in [9.17, 15) is 9.90 Å². The van der Waals surface area contributed by atoms with Crippen LogP contribution in [0.3, 0.4) is 0 Å². The first-order valence-electron chi connectivity index (χ1n) is 6.27. The first kappa shape index (κ1) is 15.8. The van der Waals surface area contributed by atoms with Crippen LogP contribution in [0, 0.1) is 0 Å². The summed E-state index contributed by atoms with van der Waals surface area (Å²) in [4.78, 5) is 11.6. The van der Waals surface area contributed by atoms with Crippen LogP contribution in [0.2, 0.25) is 5.02 Å². The summed E-state index contributed by atoms with van der Waals surface area (Å²) in [6.07, 6.45) is 0.401. The highest BCUT2D eigenvalue weighted by atomic mass is 35.5. The Morgan fingerprint density at radius 1 is 1.37 bits per heavy atom. The van der Waals surface area contributed by atoms with Crippen molar-refractivity contribution in [2.75, 3.05) is 6.54 Å². The van der Waals surface area contributed by atoms with Crippen LogP contribution in [0.15, 0.2) is 18.2 Å². The molecule has 0 radical (unpaired) electrons. The lowest BCUT2D eigenvalue weighted by molar-refractivity contribution is -0.122. The van der Waals surface area contributed by atoms with Crippen LogP contribution in [0.25, 0.3) is 0 Å². The summed E-state index contributed by atoms with van der Waals surface area (Å²) < 4.78 is 0. The normalized spacial score (nSPS) is 11.4. The van der Waals surface area contributed by atoms with Crippen LogP contribution in [0.5, 0.6) is 5.75 Å². The number of nitrogens with one attached hydrogen (secondary N) is 2. The fraction of sp³-hybridized carbons (Fsp3) is 0.500. The van der Waals surface area contributed by atoms with E-state index in [-0.39, 0.29) is 17.2 Å². The molecule has 106 valence electrons. The fourth-order valence-electron chi connectivity index (χ4n) is 1.60. The van der Waals surface area contributed by atoms with Gasteiger partial charge in [-0.25, -0.2) is 0 Å². The van der Waals surface area contributed by atoms with Gasteiger partial charge in [0.15, 0.2) is 0 Å². The van der Waals surface area contributed by atoms with Crippen LogP contribution in [-0.4, -0.2) is 23.1 Å². The lowest BCUT2D eigenvalue weighted by atomic mass is 10.1. The Hall–Kier alpha value is -1.26. The van der Waals surface area contributed by atoms with Gasteiger partial charge in [-0.2, -0.15) is 0 Å². The van der Waals surface area contributed by atoms with Crippen molar-refractivity contribution in [2.24, 2.45) is 0 Å². The minimum atomic E-state index is -0.206. The van der Waals surface area contributed by atoms with E-state index < -0.39 is 0 Å². The van der Waals surface area contributed by atoms with Crippen molar-refractivity contribution in [3.05, 3.63) is 28.8 Å². The third kappa shape index (κ3) is 6.45. The van der Waals surface area contributed by atoms with Gasteiger partial charge in [0.05, 0.1) is 0 Å². The summed E-state index contributed by atoms with van der Waals surface area (Å²) in [5.74, 6) is 0.214. The summed E-state index contributed by atoms with van der Waals surface area (Å²) in [7, 11) is 0. The van der Waals surface area contributed by atoms with E-state index in [4.69, 9.17) is 11.6 Å². The van der Waals surface area contributed by atoms with Crippen molar-refractivity contribution in [2.45, 2.75) is 39.3 Å². The largest absolute Gasteiger partial charge is 0.508 e. The zero-order chi connectivity index (χ0) is 14.5. The molecule has 5 heteroatoms. The van der Waals surface area contributed by atoms with Crippen LogP contribution >= 0.6 is 11.6 Å².